The van der Waals surface area contributed by atoms with E-state index in [0.29, 0.717) is 42.5 Å². The molecule has 0 saturated heterocycles. The van der Waals surface area contributed by atoms with Gasteiger partial charge in [-0.2, -0.15) is 0 Å². The second-order valence-corrected chi connectivity index (χ2v) is 6.64. The van der Waals surface area contributed by atoms with Crippen molar-refractivity contribution in [3.05, 3.63) is 60.7 Å². The van der Waals surface area contributed by atoms with Crippen LogP contribution in [0.1, 0.15) is 6.42 Å². The molecule has 1 heterocycles. The minimum atomic E-state index is -0.275. The molecule has 0 saturated carbocycles. The van der Waals surface area contributed by atoms with Crippen LogP contribution in [0.2, 0.25) is 0 Å². The molecule has 0 bridgehead atoms. The van der Waals surface area contributed by atoms with Gasteiger partial charge in [-0.05, 0) is 24.3 Å². The van der Waals surface area contributed by atoms with Gasteiger partial charge in [0.1, 0.15) is 24.7 Å². The lowest BCUT2D eigenvalue weighted by atomic mass is 10.3. The summed E-state index contributed by atoms with van der Waals surface area (Å²) < 4.78 is 22.3. The number of ether oxygens (including phenoxy) is 4. The van der Waals surface area contributed by atoms with E-state index in [-0.39, 0.29) is 38.2 Å². The lowest BCUT2D eigenvalue weighted by Gasteiger charge is -2.14. The number of hydrogen-bond acceptors (Lipinski definition) is 6. The first-order chi connectivity index (χ1) is 15.2. The van der Waals surface area contributed by atoms with E-state index >= 15 is 0 Å². The van der Waals surface area contributed by atoms with E-state index in [4.69, 9.17) is 18.9 Å². The predicted molar refractivity (Wildman–Crippen MR) is 117 cm³/mol. The number of nitrogens with one attached hydrogen (secondary N) is 2. The third-order valence-electron chi connectivity index (χ3n) is 4.19. The molecule has 2 aromatic carbocycles. The Labute approximate surface area is 181 Å². The summed E-state index contributed by atoms with van der Waals surface area (Å²) in [4.78, 5) is 24.2. The van der Waals surface area contributed by atoms with Gasteiger partial charge in [-0.25, -0.2) is 0 Å². The smallest absolute Gasteiger partial charge is 0.250 e. The molecule has 3 rings (SSSR count). The number of carbonyl (C=O) groups is 2. The van der Waals surface area contributed by atoms with Crippen molar-refractivity contribution in [1.82, 2.24) is 0 Å². The Bertz CT molecular complexity index is 828. The number of rotatable bonds is 0. The largest absolute Gasteiger partial charge is 0.491 e. The monoisotopic (exact) mass is 426 g/mol. The first-order valence-electron chi connectivity index (χ1n) is 10.1. The van der Waals surface area contributed by atoms with Gasteiger partial charge >= 0.3 is 0 Å². The second-order valence-electron chi connectivity index (χ2n) is 6.64. The fraction of sp³-hybridized carbons (Fsp3) is 0.304. The average Bonchev–Trinajstić information content (AvgIpc) is 2.77. The van der Waals surface area contributed by atoms with Crippen molar-refractivity contribution >= 4 is 23.2 Å². The van der Waals surface area contributed by atoms with Crippen LogP contribution < -0.4 is 20.1 Å². The summed E-state index contributed by atoms with van der Waals surface area (Å²) in [6, 6.07) is 14.5. The Balaban J connectivity index is 1.65. The Morgan fingerprint density at radius 3 is 1.58 bits per heavy atom. The van der Waals surface area contributed by atoms with Crippen LogP contribution in [-0.4, -0.2) is 51.5 Å². The number of anilines is 2. The van der Waals surface area contributed by atoms with Crippen molar-refractivity contribution in [3.63, 3.8) is 0 Å². The highest BCUT2D eigenvalue weighted by molar-refractivity contribution is 5.93. The number of amides is 2. The van der Waals surface area contributed by atoms with Gasteiger partial charge in [0.25, 0.3) is 0 Å². The topological polar surface area (TPSA) is 95.1 Å². The zero-order valence-corrected chi connectivity index (χ0v) is 17.2. The molecule has 1 aliphatic heterocycles. The van der Waals surface area contributed by atoms with Crippen LogP contribution >= 0.6 is 0 Å². The maximum Gasteiger partial charge on any atom is 0.250 e. The molecule has 8 nitrogen and oxygen atoms in total. The van der Waals surface area contributed by atoms with E-state index < -0.39 is 0 Å². The summed E-state index contributed by atoms with van der Waals surface area (Å²) in [5.41, 5.74) is 1.17. The summed E-state index contributed by atoms with van der Waals surface area (Å²) in [5.74, 6) is 0.601. The number of hydrogen-bond donors (Lipinski definition) is 2. The van der Waals surface area contributed by atoms with Crippen LogP contribution in [-0.2, 0) is 19.1 Å². The second kappa shape index (κ2) is 12.4. The van der Waals surface area contributed by atoms with Crippen molar-refractivity contribution in [2.24, 2.45) is 0 Å². The first kappa shape index (κ1) is 22.3. The average molecular weight is 426 g/mol. The van der Waals surface area contributed by atoms with Gasteiger partial charge in [0.05, 0.1) is 37.8 Å². The molecule has 0 atom stereocenters. The predicted octanol–water partition coefficient (Wildman–Crippen LogP) is 3.01. The van der Waals surface area contributed by atoms with E-state index in [0.717, 1.165) is 0 Å². The summed E-state index contributed by atoms with van der Waals surface area (Å²) in [6.07, 6.45) is 4.07. The molecule has 2 N–H and O–H groups in total. The molecule has 0 fully saturated rings. The van der Waals surface area contributed by atoms with Gasteiger partial charge in [0.2, 0.25) is 11.8 Å². The van der Waals surface area contributed by atoms with E-state index in [1.54, 1.807) is 36.4 Å². The summed E-state index contributed by atoms with van der Waals surface area (Å²) in [5, 5.41) is 5.59. The molecule has 8 heteroatoms. The molecule has 0 aromatic heterocycles. The Hall–Kier alpha value is -3.36. The van der Waals surface area contributed by atoms with Crippen molar-refractivity contribution < 1.29 is 28.5 Å². The summed E-state index contributed by atoms with van der Waals surface area (Å²) in [7, 11) is 0. The lowest BCUT2D eigenvalue weighted by molar-refractivity contribution is -0.121. The highest BCUT2D eigenvalue weighted by atomic mass is 16.5. The molecular weight excluding hydrogens is 400 g/mol. The molecule has 0 unspecified atom stereocenters. The third-order valence-corrected chi connectivity index (χ3v) is 4.19. The van der Waals surface area contributed by atoms with Crippen LogP contribution in [0.15, 0.2) is 60.7 Å². The van der Waals surface area contributed by atoms with Crippen LogP contribution in [0, 0.1) is 0 Å². The quantitative estimate of drug-likeness (QED) is 0.629. The molecule has 2 aromatic rings. The van der Waals surface area contributed by atoms with Gasteiger partial charge in [0, 0.05) is 6.42 Å². The van der Waals surface area contributed by atoms with Crippen molar-refractivity contribution in [3.8, 4) is 11.5 Å². The highest BCUT2D eigenvalue weighted by Gasteiger charge is 2.09. The molecule has 2 amide bonds. The van der Waals surface area contributed by atoms with E-state index in [1.165, 1.54) is 0 Å². The zero-order chi connectivity index (χ0) is 21.7. The first-order valence-corrected chi connectivity index (χ1v) is 10.1. The van der Waals surface area contributed by atoms with Crippen LogP contribution in [0.25, 0.3) is 0 Å². The van der Waals surface area contributed by atoms with Crippen molar-refractivity contribution in [2.45, 2.75) is 6.42 Å². The summed E-state index contributed by atoms with van der Waals surface area (Å²) >= 11 is 0. The van der Waals surface area contributed by atoms with Crippen LogP contribution in [0.4, 0.5) is 11.4 Å². The molecule has 164 valence electrons. The standard InChI is InChI=1S/C23H26N2O6/c26-22-16-28-12-5-6-13-29-17-23(27)25-19-9-2-4-11-21(19)31-15-7-14-30-20-10-3-1-8-18(20)24-22/h1-6,8-11H,7,12-17H2,(H,24,26)(H,25,27)/b6-5-. The number of para-hydroxylation sites is 4. The fourth-order valence-electron chi connectivity index (χ4n) is 2.76. The zero-order valence-electron chi connectivity index (χ0n) is 17.2. The minimum Gasteiger partial charge on any atom is -0.491 e. The van der Waals surface area contributed by atoms with Gasteiger partial charge < -0.3 is 29.6 Å². The van der Waals surface area contributed by atoms with Gasteiger partial charge in [-0.1, -0.05) is 36.4 Å². The third kappa shape index (κ3) is 7.76. The van der Waals surface area contributed by atoms with E-state index in [2.05, 4.69) is 10.6 Å². The molecule has 0 aliphatic carbocycles. The van der Waals surface area contributed by atoms with Crippen molar-refractivity contribution in [1.29, 1.82) is 0 Å². The molecule has 31 heavy (non-hydrogen) atoms. The number of fused-ring (bicyclic) bond motifs is 2. The van der Waals surface area contributed by atoms with Gasteiger partial charge in [-0.15, -0.1) is 0 Å². The fourth-order valence-corrected chi connectivity index (χ4v) is 2.76. The van der Waals surface area contributed by atoms with Gasteiger partial charge in [0.15, 0.2) is 0 Å². The Morgan fingerprint density at radius 2 is 1.10 bits per heavy atom. The maximum absolute atomic E-state index is 12.1. The minimum absolute atomic E-state index is 0.0893. The SMILES string of the molecule is O=C1COC/C=C\COCC(=O)Nc2ccccc2OCCCOc2ccccc2N1. The number of carbonyl (C=O) groups excluding carboxylic acids is 2. The molecule has 0 radical (unpaired) electrons. The van der Waals surface area contributed by atoms with E-state index in [9.17, 15) is 9.59 Å². The molecular formula is C23H26N2O6. The van der Waals surface area contributed by atoms with Crippen LogP contribution in [0.3, 0.4) is 0 Å². The molecule has 0 spiro atoms. The molecule has 1 aliphatic rings. The van der Waals surface area contributed by atoms with E-state index in [1.807, 2.05) is 24.3 Å². The maximum atomic E-state index is 12.1. The normalized spacial score (nSPS) is 17.9. The van der Waals surface area contributed by atoms with Gasteiger partial charge in [-0.3, -0.25) is 9.59 Å². The van der Waals surface area contributed by atoms with Crippen LogP contribution in [0.5, 0.6) is 11.5 Å². The Kier molecular flexibility index (Phi) is 8.90. The summed E-state index contributed by atoms with van der Waals surface area (Å²) in [6.45, 7) is 1.13. The number of benzene rings is 2. The Morgan fingerprint density at radius 1 is 0.645 bits per heavy atom. The van der Waals surface area contributed by atoms with Crippen molar-refractivity contribution in [2.75, 3.05) is 50.3 Å². The lowest BCUT2D eigenvalue weighted by Crippen LogP contribution is -2.19. The highest BCUT2D eigenvalue weighted by Crippen LogP contribution is 2.25.